The van der Waals surface area contributed by atoms with Gasteiger partial charge < -0.3 is 19.9 Å². The number of amides is 2. The Balaban J connectivity index is 1.61. The molecule has 6 nitrogen and oxygen atoms in total. The van der Waals surface area contributed by atoms with Crippen molar-refractivity contribution < 1.29 is 14.1 Å². The molecule has 3 rings (SSSR count). The molecule has 0 unspecified atom stereocenters. The van der Waals surface area contributed by atoms with Gasteiger partial charge in [0, 0.05) is 11.6 Å². The van der Waals surface area contributed by atoms with Gasteiger partial charge in [-0.25, -0.2) is 4.79 Å². The summed E-state index contributed by atoms with van der Waals surface area (Å²) in [4.78, 5) is 12.0. The third-order valence-electron chi connectivity index (χ3n) is 3.89. The van der Waals surface area contributed by atoms with E-state index < -0.39 is 0 Å². The summed E-state index contributed by atoms with van der Waals surface area (Å²) < 4.78 is 10.7. The zero-order chi connectivity index (χ0) is 15.7. The normalized spacial score (nSPS) is 16.0. The van der Waals surface area contributed by atoms with Crippen LogP contribution in [0.4, 0.5) is 4.79 Å². The molecular weight excluding hydrogens is 282 g/mol. The molecule has 2 aromatic rings. The third kappa shape index (κ3) is 2.77. The number of aromatic nitrogens is 1. The van der Waals surface area contributed by atoms with E-state index in [1.54, 1.807) is 6.07 Å². The summed E-state index contributed by atoms with van der Waals surface area (Å²) in [7, 11) is 0. The SMILES string of the molecule is Cc1cc(CNC(=O)N[C@H]2COc3c2ccc(C)c3C)no1. The van der Waals surface area contributed by atoms with Crippen LogP contribution >= 0.6 is 0 Å². The second-order valence-corrected chi connectivity index (χ2v) is 5.55. The molecule has 1 aromatic heterocycles. The number of ether oxygens (including phenoxy) is 1. The van der Waals surface area contributed by atoms with E-state index in [1.807, 2.05) is 32.9 Å². The Labute approximate surface area is 128 Å². The summed E-state index contributed by atoms with van der Waals surface area (Å²) in [6.45, 7) is 6.68. The second-order valence-electron chi connectivity index (χ2n) is 5.55. The van der Waals surface area contributed by atoms with E-state index in [1.165, 1.54) is 5.56 Å². The maximum Gasteiger partial charge on any atom is 0.315 e. The number of urea groups is 1. The molecule has 2 amide bonds. The second kappa shape index (κ2) is 5.71. The number of carbonyl (C=O) groups excluding carboxylic acids is 1. The monoisotopic (exact) mass is 301 g/mol. The zero-order valence-corrected chi connectivity index (χ0v) is 12.9. The van der Waals surface area contributed by atoms with Crippen LogP contribution in [0.5, 0.6) is 5.75 Å². The van der Waals surface area contributed by atoms with E-state index in [0.29, 0.717) is 18.8 Å². The Kier molecular flexibility index (Phi) is 3.75. The first-order valence-electron chi connectivity index (χ1n) is 7.24. The van der Waals surface area contributed by atoms with E-state index in [2.05, 4.69) is 15.8 Å². The fourth-order valence-electron chi connectivity index (χ4n) is 2.53. The Hall–Kier alpha value is -2.50. The molecule has 6 heteroatoms. The average molecular weight is 301 g/mol. The topological polar surface area (TPSA) is 76.4 Å². The van der Waals surface area contributed by atoms with Gasteiger partial charge in [-0.2, -0.15) is 0 Å². The van der Waals surface area contributed by atoms with Crippen LogP contribution in [0, 0.1) is 20.8 Å². The summed E-state index contributed by atoms with van der Waals surface area (Å²) >= 11 is 0. The summed E-state index contributed by atoms with van der Waals surface area (Å²) in [5.41, 5.74) is 4.03. The molecule has 0 bridgehead atoms. The van der Waals surface area contributed by atoms with Gasteiger partial charge in [0.2, 0.25) is 0 Å². The van der Waals surface area contributed by atoms with Gasteiger partial charge in [0.05, 0.1) is 12.6 Å². The molecule has 0 saturated carbocycles. The highest BCUT2D eigenvalue weighted by Crippen LogP contribution is 2.36. The lowest BCUT2D eigenvalue weighted by atomic mass is 10.0. The van der Waals surface area contributed by atoms with Crippen molar-refractivity contribution in [3.63, 3.8) is 0 Å². The van der Waals surface area contributed by atoms with Crippen molar-refractivity contribution in [1.29, 1.82) is 0 Å². The first kappa shape index (κ1) is 14.4. The fraction of sp³-hybridized carbons (Fsp3) is 0.375. The van der Waals surface area contributed by atoms with Crippen LogP contribution in [0.2, 0.25) is 0 Å². The molecule has 0 radical (unpaired) electrons. The van der Waals surface area contributed by atoms with E-state index in [9.17, 15) is 4.79 Å². The summed E-state index contributed by atoms with van der Waals surface area (Å²) in [5, 5.41) is 9.53. The highest BCUT2D eigenvalue weighted by atomic mass is 16.5. The molecule has 1 aromatic carbocycles. The lowest BCUT2D eigenvalue weighted by Crippen LogP contribution is -2.38. The number of aryl methyl sites for hydroxylation is 2. The quantitative estimate of drug-likeness (QED) is 0.913. The van der Waals surface area contributed by atoms with Crippen molar-refractivity contribution in [2.24, 2.45) is 0 Å². The van der Waals surface area contributed by atoms with Gasteiger partial charge in [0.25, 0.3) is 0 Å². The molecule has 0 fully saturated rings. The van der Waals surface area contributed by atoms with Crippen LogP contribution < -0.4 is 15.4 Å². The minimum Gasteiger partial charge on any atom is -0.490 e. The van der Waals surface area contributed by atoms with Crippen molar-refractivity contribution in [2.45, 2.75) is 33.4 Å². The van der Waals surface area contributed by atoms with E-state index in [0.717, 1.165) is 22.6 Å². The van der Waals surface area contributed by atoms with Crippen LogP contribution in [0.1, 0.15) is 34.2 Å². The lowest BCUT2D eigenvalue weighted by Gasteiger charge is -2.12. The van der Waals surface area contributed by atoms with Gasteiger partial charge in [0.1, 0.15) is 23.8 Å². The Bertz CT molecular complexity index is 709. The van der Waals surface area contributed by atoms with Crippen LogP contribution in [0.25, 0.3) is 0 Å². The first-order valence-corrected chi connectivity index (χ1v) is 7.24. The molecule has 116 valence electrons. The molecule has 0 aliphatic carbocycles. The van der Waals surface area contributed by atoms with E-state index in [4.69, 9.17) is 9.26 Å². The molecule has 2 N–H and O–H groups in total. The van der Waals surface area contributed by atoms with Gasteiger partial charge >= 0.3 is 6.03 Å². The molecule has 0 saturated heterocycles. The number of nitrogens with zero attached hydrogens (tertiary/aromatic N) is 1. The number of hydrogen-bond donors (Lipinski definition) is 2. The number of hydrogen-bond acceptors (Lipinski definition) is 4. The minimum atomic E-state index is -0.250. The maximum absolute atomic E-state index is 12.0. The van der Waals surface area contributed by atoms with Gasteiger partial charge in [-0.3, -0.25) is 0 Å². The summed E-state index contributed by atoms with van der Waals surface area (Å²) in [5.74, 6) is 1.61. The minimum absolute atomic E-state index is 0.131. The average Bonchev–Trinajstić information content (AvgIpc) is 3.08. The molecular formula is C16H19N3O3. The van der Waals surface area contributed by atoms with Gasteiger partial charge in [-0.15, -0.1) is 0 Å². The Morgan fingerprint density at radius 2 is 2.18 bits per heavy atom. The Morgan fingerprint density at radius 1 is 1.36 bits per heavy atom. The van der Waals surface area contributed by atoms with Crippen LogP contribution in [-0.4, -0.2) is 17.8 Å². The molecule has 22 heavy (non-hydrogen) atoms. The molecule has 1 aliphatic heterocycles. The van der Waals surface area contributed by atoms with Gasteiger partial charge in [-0.1, -0.05) is 17.3 Å². The van der Waals surface area contributed by atoms with E-state index in [-0.39, 0.29) is 12.1 Å². The van der Waals surface area contributed by atoms with Gasteiger partial charge in [-0.05, 0) is 31.9 Å². The highest BCUT2D eigenvalue weighted by Gasteiger charge is 2.27. The van der Waals surface area contributed by atoms with Crippen molar-refractivity contribution in [3.05, 3.63) is 46.3 Å². The third-order valence-corrected chi connectivity index (χ3v) is 3.89. The zero-order valence-electron chi connectivity index (χ0n) is 12.9. The van der Waals surface area contributed by atoms with E-state index >= 15 is 0 Å². The van der Waals surface area contributed by atoms with Crippen molar-refractivity contribution in [2.75, 3.05) is 6.61 Å². The number of rotatable bonds is 3. The predicted molar refractivity (Wildman–Crippen MR) is 80.8 cm³/mol. The molecule has 0 spiro atoms. The fourth-order valence-corrected chi connectivity index (χ4v) is 2.53. The maximum atomic E-state index is 12.0. The van der Waals surface area contributed by atoms with Crippen LogP contribution in [0.15, 0.2) is 22.7 Å². The smallest absolute Gasteiger partial charge is 0.315 e. The highest BCUT2D eigenvalue weighted by molar-refractivity contribution is 5.74. The Morgan fingerprint density at radius 3 is 2.91 bits per heavy atom. The molecule has 1 atom stereocenters. The summed E-state index contributed by atoms with van der Waals surface area (Å²) in [6.07, 6.45) is 0. The van der Waals surface area contributed by atoms with Crippen LogP contribution in [0.3, 0.4) is 0 Å². The summed E-state index contributed by atoms with van der Waals surface area (Å²) in [6, 6.07) is 5.47. The number of nitrogens with one attached hydrogen (secondary N) is 2. The van der Waals surface area contributed by atoms with Gasteiger partial charge in [0.15, 0.2) is 0 Å². The predicted octanol–water partition coefficient (Wildman–Crippen LogP) is 2.53. The van der Waals surface area contributed by atoms with Crippen LogP contribution in [-0.2, 0) is 6.54 Å². The number of carbonyl (C=O) groups is 1. The number of fused-ring (bicyclic) bond motifs is 1. The standard InChI is InChI=1S/C16H19N3O3/c1-9-4-5-13-14(8-21-15(13)11(9)3)18-16(20)17-7-12-6-10(2)22-19-12/h4-6,14H,7-8H2,1-3H3,(H2,17,18,20)/t14-/m0/s1. The molecule has 1 aliphatic rings. The lowest BCUT2D eigenvalue weighted by molar-refractivity contribution is 0.231. The molecule has 2 heterocycles. The van der Waals surface area contributed by atoms with Crippen molar-refractivity contribution in [1.82, 2.24) is 15.8 Å². The number of benzene rings is 1. The van der Waals surface area contributed by atoms with Crippen molar-refractivity contribution in [3.8, 4) is 5.75 Å². The first-order chi connectivity index (χ1) is 10.5. The van der Waals surface area contributed by atoms with Crippen molar-refractivity contribution >= 4 is 6.03 Å². The largest absolute Gasteiger partial charge is 0.490 e.